The molecule has 0 aromatic carbocycles. The van der Waals surface area contributed by atoms with Crippen LogP contribution in [-0.2, 0) is 9.59 Å². The van der Waals surface area contributed by atoms with Crippen LogP contribution in [0.15, 0.2) is 72.1 Å². The molecule has 0 spiro atoms. The summed E-state index contributed by atoms with van der Waals surface area (Å²) >= 11 is 0. The van der Waals surface area contributed by atoms with Crippen molar-refractivity contribution in [2.45, 2.75) is 66.7 Å². The minimum Gasteiger partial charge on any atom is -0.511 e. The third-order valence-corrected chi connectivity index (χ3v) is 5.21. The lowest BCUT2D eigenvalue weighted by atomic mass is 9.53. The molecule has 0 atom stereocenters. The lowest BCUT2D eigenvalue weighted by molar-refractivity contribution is -0.148. The molecule has 1 aliphatic carbocycles. The number of rotatable bonds is 10. The number of aliphatic hydroxyl groups excluding tert-OH is 1. The molecule has 0 saturated carbocycles. The molecule has 1 rings (SSSR count). The second-order valence-electron chi connectivity index (χ2n) is 9.32. The second-order valence-corrected chi connectivity index (χ2v) is 9.32. The molecular weight excluding hydrogens is 360 g/mol. The van der Waals surface area contributed by atoms with Gasteiger partial charge in [0.15, 0.2) is 11.6 Å². The van der Waals surface area contributed by atoms with E-state index < -0.39 is 10.8 Å². The van der Waals surface area contributed by atoms with Crippen LogP contribution in [0.5, 0.6) is 0 Å². The predicted octanol–water partition coefficient (Wildman–Crippen LogP) is 6.75. The number of allylic oxidation sites excluding steroid dienone is 7. The van der Waals surface area contributed by atoms with Crippen molar-refractivity contribution in [2.75, 3.05) is 0 Å². The maximum Gasteiger partial charge on any atom is 0.176 e. The van der Waals surface area contributed by atoms with Crippen molar-refractivity contribution < 1.29 is 14.7 Å². The van der Waals surface area contributed by atoms with E-state index in [4.69, 9.17) is 0 Å². The summed E-state index contributed by atoms with van der Waals surface area (Å²) in [4.78, 5) is 27.9. The van der Waals surface area contributed by atoms with Crippen molar-refractivity contribution in [1.82, 2.24) is 0 Å². The Hall–Kier alpha value is -2.42. The summed E-state index contributed by atoms with van der Waals surface area (Å²) in [6, 6.07) is 0. The molecule has 0 bridgehead atoms. The molecule has 0 heterocycles. The average molecular weight is 397 g/mol. The molecule has 0 aromatic heterocycles. The quantitative estimate of drug-likeness (QED) is 0.328. The van der Waals surface area contributed by atoms with E-state index >= 15 is 0 Å². The minimum atomic E-state index is -1.33. The number of hydrogen-bond acceptors (Lipinski definition) is 3. The van der Waals surface area contributed by atoms with Crippen LogP contribution < -0.4 is 0 Å². The maximum absolute atomic E-state index is 14.2. The highest BCUT2D eigenvalue weighted by Crippen LogP contribution is 2.55. The summed E-state index contributed by atoms with van der Waals surface area (Å²) in [5, 5.41) is 11.3. The molecule has 158 valence electrons. The Morgan fingerprint density at radius 3 is 1.34 bits per heavy atom. The molecule has 0 aliphatic heterocycles. The van der Waals surface area contributed by atoms with Crippen molar-refractivity contribution in [2.24, 2.45) is 10.8 Å². The minimum absolute atomic E-state index is 0.152. The molecule has 1 N–H and O–H groups in total. The van der Waals surface area contributed by atoms with Gasteiger partial charge in [-0.05, 0) is 66.7 Å². The summed E-state index contributed by atoms with van der Waals surface area (Å²) in [7, 11) is 0. The number of Topliss-reactive ketones (excluding diaryl/α,β-unsaturated/α-hetero) is 2. The molecule has 1 aliphatic rings. The van der Waals surface area contributed by atoms with Gasteiger partial charge in [0.05, 0.1) is 5.41 Å². The van der Waals surface area contributed by atoms with Gasteiger partial charge in [-0.15, -0.1) is 26.3 Å². The van der Waals surface area contributed by atoms with Gasteiger partial charge in [-0.3, -0.25) is 9.59 Å². The van der Waals surface area contributed by atoms with Crippen molar-refractivity contribution in [3.05, 3.63) is 72.1 Å². The molecule has 0 radical (unpaired) electrons. The Morgan fingerprint density at radius 1 is 0.690 bits per heavy atom. The van der Waals surface area contributed by atoms with E-state index in [0.29, 0.717) is 0 Å². The molecule has 3 nitrogen and oxygen atoms in total. The van der Waals surface area contributed by atoms with Gasteiger partial charge < -0.3 is 5.11 Å². The van der Waals surface area contributed by atoms with Crippen molar-refractivity contribution >= 4 is 11.6 Å². The normalized spacial score (nSPS) is 17.8. The number of aliphatic hydroxyl groups is 1. The van der Waals surface area contributed by atoms with E-state index in [9.17, 15) is 14.7 Å². The van der Waals surface area contributed by atoms with Gasteiger partial charge in [0.25, 0.3) is 0 Å². The summed E-state index contributed by atoms with van der Waals surface area (Å²) in [5.74, 6) is -0.774. The lowest BCUT2D eigenvalue weighted by Gasteiger charge is -2.46. The van der Waals surface area contributed by atoms with E-state index in [1.165, 1.54) is 0 Å². The van der Waals surface area contributed by atoms with E-state index in [0.717, 1.165) is 27.9 Å². The summed E-state index contributed by atoms with van der Waals surface area (Å²) in [6.07, 6.45) is 1.18. The molecule has 0 saturated heterocycles. The standard InChI is InChI=1S/C26H36O3/c1-16(2)11-21-22(27)25(12-17(3)4,13-18(5)6)24(29)26(23(21)28,14-19(7)8)15-20(9)10/h27H,1,3,5,7,9,11-15H2,2,4,6,8,10H3. The second kappa shape index (κ2) is 8.94. The van der Waals surface area contributed by atoms with Crippen LogP contribution in [0.3, 0.4) is 0 Å². The molecule has 0 fully saturated rings. The van der Waals surface area contributed by atoms with Crippen LogP contribution in [0.25, 0.3) is 0 Å². The first-order chi connectivity index (χ1) is 13.2. The van der Waals surface area contributed by atoms with Crippen molar-refractivity contribution in [3.63, 3.8) is 0 Å². The Labute approximate surface area is 176 Å². The smallest absolute Gasteiger partial charge is 0.176 e. The van der Waals surface area contributed by atoms with Crippen molar-refractivity contribution in [1.29, 1.82) is 0 Å². The van der Waals surface area contributed by atoms with Crippen LogP contribution in [0.4, 0.5) is 0 Å². The van der Waals surface area contributed by atoms with Gasteiger partial charge in [0, 0.05) is 5.57 Å². The third-order valence-electron chi connectivity index (χ3n) is 5.21. The molecule has 0 aromatic rings. The Balaban J connectivity index is 4.02. The zero-order valence-electron chi connectivity index (χ0n) is 18.8. The van der Waals surface area contributed by atoms with Gasteiger partial charge in [-0.25, -0.2) is 0 Å². The number of ketones is 2. The van der Waals surface area contributed by atoms with Crippen LogP contribution in [-0.4, -0.2) is 16.7 Å². The highest BCUT2D eigenvalue weighted by molar-refractivity contribution is 6.20. The highest BCUT2D eigenvalue weighted by Gasteiger charge is 2.60. The summed E-state index contributed by atoms with van der Waals surface area (Å²) in [6.45, 7) is 29.0. The van der Waals surface area contributed by atoms with Crippen LogP contribution in [0.2, 0.25) is 0 Å². The first-order valence-electron chi connectivity index (χ1n) is 9.94. The van der Waals surface area contributed by atoms with Gasteiger partial charge in [-0.1, -0.05) is 34.4 Å². The summed E-state index contributed by atoms with van der Waals surface area (Å²) in [5.41, 5.74) is 1.41. The predicted molar refractivity (Wildman–Crippen MR) is 122 cm³/mol. The first-order valence-corrected chi connectivity index (χ1v) is 9.94. The van der Waals surface area contributed by atoms with Gasteiger partial charge >= 0.3 is 0 Å². The fraction of sp³-hybridized carbons (Fsp3) is 0.462. The lowest BCUT2D eigenvalue weighted by Crippen LogP contribution is -2.54. The largest absolute Gasteiger partial charge is 0.511 e. The van der Waals surface area contributed by atoms with Crippen LogP contribution in [0.1, 0.15) is 66.7 Å². The maximum atomic E-state index is 14.2. The molecule has 0 unspecified atom stereocenters. The average Bonchev–Trinajstić information content (AvgIpc) is 2.53. The van der Waals surface area contributed by atoms with E-state index in [1.54, 1.807) is 0 Å². The Bertz CT molecular complexity index is 800. The van der Waals surface area contributed by atoms with Gasteiger partial charge in [0.2, 0.25) is 0 Å². The monoisotopic (exact) mass is 396 g/mol. The number of carbonyl (C=O) groups is 2. The van der Waals surface area contributed by atoms with Gasteiger partial charge in [-0.2, -0.15) is 0 Å². The molecular formula is C26H36O3. The third kappa shape index (κ3) is 4.95. The van der Waals surface area contributed by atoms with Gasteiger partial charge in [0.1, 0.15) is 11.2 Å². The van der Waals surface area contributed by atoms with E-state index in [-0.39, 0.29) is 55.0 Å². The van der Waals surface area contributed by atoms with Crippen LogP contribution in [0, 0.1) is 10.8 Å². The summed E-state index contributed by atoms with van der Waals surface area (Å²) < 4.78 is 0. The molecule has 29 heavy (non-hydrogen) atoms. The SMILES string of the molecule is C=C(C)CC1=C(O)C(CC(=C)C)(CC(=C)C)C(=O)C(CC(=C)C)(CC(=C)C)C1=O. The zero-order valence-corrected chi connectivity index (χ0v) is 18.8. The number of carbonyl (C=O) groups excluding carboxylic acids is 2. The van der Waals surface area contributed by atoms with E-state index in [1.807, 2.05) is 34.6 Å². The van der Waals surface area contributed by atoms with Crippen molar-refractivity contribution in [3.8, 4) is 0 Å². The molecule has 3 heteroatoms. The highest BCUT2D eigenvalue weighted by atomic mass is 16.3. The Morgan fingerprint density at radius 2 is 1.03 bits per heavy atom. The Kier molecular flexibility index (Phi) is 7.59. The topological polar surface area (TPSA) is 54.4 Å². The first kappa shape index (κ1) is 24.6. The zero-order chi connectivity index (χ0) is 22.7. The number of hydrogen-bond donors (Lipinski definition) is 1. The van der Waals surface area contributed by atoms with Crippen LogP contribution >= 0.6 is 0 Å². The molecule has 0 amide bonds. The fourth-order valence-corrected chi connectivity index (χ4v) is 4.65. The fourth-order valence-electron chi connectivity index (χ4n) is 4.65. The van der Waals surface area contributed by atoms with E-state index in [2.05, 4.69) is 32.9 Å².